The van der Waals surface area contributed by atoms with E-state index in [0.29, 0.717) is 35.2 Å². The standard InChI is InChI=1S/C23H22Cl2N2O2/c24-16-5-8-22(25)21(15-16)19-6-7-20(18-4-2-1-3-17(18)19)23(29)27-11-9-26(10-12-27)13-14-28/h1-8,15,28H,9-14H2. The van der Waals surface area contributed by atoms with Gasteiger partial charge in [-0.1, -0.05) is 53.5 Å². The molecule has 1 aliphatic heterocycles. The molecule has 0 atom stereocenters. The number of hydrogen-bond donors (Lipinski definition) is 1. The molecule has 4 rings (SSSR count). The van der Waals surface area contributed by atoms with E-state index in [1.807, 2.05) is 47.4 Å². The van der Waals surface area contributed by atoms with Gasteiger partial charge < -0.3 is 10.0 Å². The molecule has 0 radical (unpaired) electrons. The molecule has 3 aromatic rings. The van der Waals surface area contributed by atoms with Gasteiger partial charge in [-0.2, -0.15) is 0 Å². The summed E-state index contributed by atoms with van der Waals surface area (Å²) in [7, 11) is 0. The molecule has 29 heavy (non-hydrogen) atoms. The topological polar surface area (TPSA) is 43.8 Å². The van der Waals surface area contributed by atoms with Gasteiger partial charge in [-0.25, -0.2) is 0 Å². The average Bonchev–Trinajstić information content (AvgIpc) is 2.75. The lowest BCUT2D eigenvalue weighted by Gasteiger charge is -2.34. The number of amides is 1. The number of hydrogen-bond acceptors (Lipinski definition) is 3. The highest BCUT2D eigenvalue weighted by atomic mass is 35.5. The number of halogens is 2. The fraction of sp³-hybridized carbons (Fsp3) is 0.261. The second kappa shape index (κ2) is 8.72. The van der Waals surface area contributed by atoms with Gasteiger partial charge in [0.15, 0.2) is 0 Å². The fourth-order valence-corrected chi connectivity index (χ4v) is 4.30. The van der Waals surface area contributed by atoms with Crippen molar-refractivity contribution in [1.82, 2.24) is 9.80 Å². The Morgan fingerprint density at radius 2 is 1.62 bits per heavy atom. The molecule has 0 aliphatic carbocycles. The smallest absolute Gasteiger partial charge is 0.254 e. The molecule has 0 spiro atoms. The van der Waals surface area contributed by atoms with Gasteiger partial charge in [-0.05, 0) is 40.6 Å². The summed E-state index contributed by atoms with van der Waals surface area (Å²) < 4.78 is 0. The molecule has 0 unspecified atom stereocenters. The van der Waals surface area contributed by atoms with Crippen LogP contribution in [0.2, 0.25) is 10.0 Å². The monoisotopic (exact) mass is 428 g/mol. The highest BCUT2D eigenvalue weighted by molar-refractivity contribution is 6.35. The molecule has 6 heteroatoms. The number of aliphatic hydroxyl groups is 1. The van der Waals surface area contributed by atoms with E-state index in [4.69, 9.17) is 28.3 Å². The Bertz CT molecular complexity index is 1050. The molecule has 1 heterocycles. The maximum absolute atomic E-state index is 13.3. The minimum atomic E-state index is 0.0357. The predicted molar refractivity (Wildman–Crippen MR) is 119 cm³/mol. The minimum Gasteiger partial charge on any atom is -0.395 e. The number of fused-ring (bicyclic) bond motifs is 1. The van der Waals surface area contributed by atoms with E-state index >= 15 is 0 Å². The van der Waals surface area contributed by atoms with Crippen molar-refractivity contribution in [3.05, 3.63) is 70.2 Å². The quantitative estimate of drug-likeness (QED) is 0.661. The van der Waals surface area contributed by atoms with Gasteiger partial charge in [0.05, 0.1) is 6.61 Å². The Morgan fingerprint density at radius 1 is 0.897 bits per heavy atom. The van der Waals surface area contributed by atoms with Crippen LogP contribution in [0.5, 0.6) is 0 Å². The molecular weight excluding hydrogens is 407 g/mol. The number of carbonyl (C=O) groups excluding carboxylic acids is 1. The molecule has 0 saturated carbocycles. The van der Waals surface area contributed by atoms with Crippen LogP contribution in [0.15, 0.2) is 54.6 Å². The second-order valence-corrected chi connectivity index (χ2v) is 8.03. The summed E-state index contributed by atoms with van der Waals surface area (Å²) in [6.45, 7) is 3.68. The molecule has 4 nitrogen and oxygen atoms in total. The van der Waals surface area contributed by atoms with Crippen LogP contribution in [0.1, 0.15) is 10.4 Å². The number of benzene rings is 3. The number of nitrogens with zero attached hydrogens (tertiary/aromatic N) is 2. The van der Waals surface area contributed by atoms with Crippen LogP contribution >= 0.6 is 23.2 Å². The van der Waals surface area contributed by atoms with Crippen LogP contribution in [0.3, 0.4) is 0 Å². The second-order valence-electron chi connectivity index (χ2n) is 7.19. The van der Waals surface area contributed by atoms with E-state index < -0.39 is 0 Å². The molecule has 1 N–H and O–H groups in total. The molecule has 1 saturated heterocycles. The van der Waals surface area contributed by atoms with Crippen LogP contribution in [0, 0.1) is 0 Å². The summed E-state index contributed by atoms with van der Waals surface area (Å²) in [6, 6.07) is 17.2. The van der Waals surface area contributed by atoms with Gasteiger partial charge in [-0.15, -0.1) is 0 Å². The Balaban J connectivity index is 1.71. The zero-order valence-corrected chi connectivity index (χ0v) is 17.5. The SMILES string of the molecule is O=C(c1ccc(-c2cc(Cl)ccc2Cl)c2ccccc12)N1CCN(CCO)CC1. The normalized spacial score (nSPS) is 15.1. The van der Waals surface area contributed by atoms with Gasteiger partial charge in [0, 0.05) is 53.9 Å². The number of β-amino-alcohol motifs (C(OH)–C–C–N with tert-alkyl or cyclic N) is 1. The van der Waals surface area contributed by atoms with Crippen molar-refractivity contribution in [3.63, 3.8) is 0 Å². The summed E-state index contributed by atoms with van der Waals surface area (Å²) >= 11 is 12.6. The Hall–Kier alpha value is -2.11. The van der Waals surface area contributed by atoms with Gasteiger partial charge in [0.25, 0.3) is 5.91 Å². The summed E-state index contributed by atoms with van der Waals surface area (Å²) in [5, 5.41) is 12.2. The fourth-order valence-electron chi connectivity index (χ4n) is 3.91. The first kappa shape index (κ1) is 20.2. The number of piperazine rings is 1. The first-order chi connectivity index (χ1) is 14.1. The van der Waals surface area contributed by atoms with Gasteiger partial charge in [0.2, 0.25) is 0 Å². The van der Waals surface area contributed by atoms with Crippen molar-refractivity contribution in [3.8, 4) is 11.1 Å². The Labute approximate surface area is 180 Å². The molecule has 150 valence electrons. The van der Waals surface area contributed by atoms with Gasteiger partial charge in [-0.3, -0.25) is 9.69 Å². The molecule has 1 aliphatic rings. The lowest BCUT2D eigenvalue weighted by Crippen LogP contribution is -2.49. The van der Waals surface area contributed by atoms with Gasteiger partial charge >= 0.3 is 0 Å². The molecular formula is C23H22Cl2N2O2. The van der Waals surface area contributed by atoms with Crippen molar-refractivity contribution < 1.29 is 9.90 Å². The van der Waals surface area contributed by atoms with E-state index in [-0.39, 0.29) is 12.5 Å². The number of rotatable bonds is 4. The Morgan fingerprint density at radius 3 is 2.34 bits per heavy atom. The van der Waals surface area contributed by atoms with Crippen LogP contribution in [-0.4, -0.2) is 60.1 Å². The number of aliphatic hydroxyl groups excluding tert-OH is 1. The molecule has 1 amide bonds. The summed E-state index contributed by atoms with van der Waals surface area (Å²) in [5.41, 5.74) is 2.50. The van der Waals surface area contributed by atoms with Crippen molar-refractivity contribution in [2.45, 2.75) is 0 Å². The molecule has 1 fully saturated rings. The van der Waals surface area contributed by atoms with E-state index in [1.165, 1.54) is 0 Å². The number of carbonyl (C=O) groups is 1. The summed E-state index contributed by atoms with van der Waals surface area (Å²) in [5.74, 6) is 0.0357. The van der Waals surface area contributed by atoms with Crippen molar-refractivity contribution in [2.24, 2.45) is 0 Å². The summed E-state index contributed by atoms with van der Waals surface area (Å²) in [6.07, 6.45) is 0. The highest BCUT2D eigenvalue weighted by Gasteiger charge is 2.24. The third-order valence-corrected chi connectivity index (χ3v) is 6.01. The average molecular weight is 429 g/mol. The largest absolute Gasteiger partial charge is 0.395 e. The Kier molecular flexibility index (Phi) is 6.07. The van der Waals surface area contributed by atoms with Crippen molar-refractivity contribution in [2.75, 3.05) is 39.3 Å². The summed E-state index contributed by atoms with van der Waals surface area (Å²) in [4.78, 5) is 17.3. The lowest BCUT2D eigenvalue weighted by atomic mass is 9.94. The van der Waals surface area contributed by atoms with E-state index in [0.717, 1.165) is 35.0 Å². The van der Waals surface area contributed by atoms with E-state index in [1.54, 1.807) is 12.1 Å². The first-order valence-corrected chi connectivity index (χ1v) is 10.4. The lowest BCUT2D eigenvalue weighted by molar-refractivity contribution is 0.0617. The molecule has 3 aromatic carbocycles. The van der Waals surface area contributed by atoms with Crippen molar-refractivity contribution in [1.29, 1.82) is 0 Å². The van der Waals surface area contributed by atoms with Crippen molar-refractivity contribution >= 4 is 39.9 Å². The minimum absolute atomic E-state index is 0.0357. The van der Waals surface area contributed by atoms with E-state index in [9.17, 15) is 4.79 Å². The maximum atomic E-state index is 13.3. The first-order valence-electron chi connectivity index (χ1n) is 9.68. The highest BCUT2D eigenvalue weighted by Crippen LogP contribution is 2.36. The third-order valence-electron chi connectivity index (χ3n) is 5.45. The van der Waals surface area contributed by atoms with E-state index in [2.05, 4.69) is 4.90 Å². The zero-order chi connectivity index (χ0) is 20.4. The van der Waals surface area contributed by atoms with Crippen LogP contribution in [-0.2, 0) is 0 Å². The maximum Gasteiger partial charge on any atom is 0.254 e. The van der Waals surface area contributed by atoms with Crippen LogP contribution < -0.4 is 0 Å². The molecule has 0 bridgehead atoms. The van der Waals surface area contributed by atoms with Crippen LogP contribution in [0.4, 0.5) is 0 Å². The van der Waals surface area contributed by atoms with Crippen LogP contribution in [0.25, 0.3) is 21.9 Å². The zero-order valence-electron chi connectivity index (χ0n) is 15.9. The predicted octanol–water partition coefficient (Wildman–Crippen LogP) is 4.56. The third kappa shape index (κ3) is 4.12. The van der Waals surface area contributed by atoms with Gasteiger partial charge in [0.1, 0.15) is 0 Å². The molecule has 0 aromatic heterocycles.